The summed E-state index contributed by atoms with van der Waals surface area (Å²) in [5.74, 6) is -1.03. The number of rotatable bonds is 44. The van der Waals surface area contributed by atoms with Gasteiger partial charge in [-0.25, -0.2) is 4.57 Å². The Morgan fingerprint density at radius 3 is 1.15 bits per heavy atom. The van der Waals surface area contributed by atoms with Crippen molar-refractivity contribution in [3.8, 4) is 0 Å². The number of ether oxygens (including phenoxy) is 2. The van der Waals surface area contributed by atoms with Crippen molar-refractivity contribution in [2.45, 2.75) is 219 Å². The molecule has 3 atom stereocenters. The molecule has 0 aliphatic heterocycles. The molecular weight excluding hydrogens is 767 g/mol. The summed E-state index contributed by atoms with van der Waals surface area (Å²) >= 11 is 0. The van der Waals surface area contributed by atoms with Crippen molar-refractivity contribution in [3.05, 3.63) is 48.6 Å². The first-order valence-corrected chi connectivity index (χ1v) is 25.1. The minimum absolute atomic E-state index is 0.175. The van der Waals surface area contributed by atoms with Crippen molar-refractivity contribution >= 4 is 19.8 Å². The van der Waals surface area contributed by atoms with Crippen LogP contribution in [0.3, 0.4) is 0 Å². The highest BCUT2D eigenvalue weighted by atomic mass is 31.2. The summed E-state index contributed by atoms with van der Waals surface area (Å²) in [6.45, 7) is 2.10. The Labute approximate surface area is 360 Å². The number of aliphatic hydroxyl groups excluding tert-OH is 2. The molecule has 3 N–H and O–H groups in total. The number of hydrogen-bond acceptors (Lipinski definition) is 9. The molecular formula is C48H87O10P. The molecule has 0 aromatic heterocycles. The van der Waals surface area contributed by atoms with Crippen LogP contribution in [0.2, 0.25) is 0 Å². The van der Waals surface area contributed by atoms with Gasteiger partial charge < -0.3 is 24.6 Å². The van der Waals surface area contributed by atoms with E-state index in [1.54, 1.807) is 0 Å². The third kappa shape index (κ3) is 42.4. The van der Waals surface area contributed by atoms with Crippen LogP contribution in [0.15, 0.2) is 48.6 Å². The molecule has 10 nitrogen and oxygen atoms in total. The predicted molar refractivity (Wildman–Crippen MR) is 242 cm³/mol. The van der Waals surface area contributed by atoms with Gasteiger partial charge in [0.15, 0.2) is 0 Å². The van der Waals surface area contributed by atoms with E-state index in [-0.39, 0.29) is 12.8 Å². The molecule has 3 unspecified atom stereocenters. The Morgan fingerprint density at radius 2 is 0.797 bits per heavy atom. The van der Waals surface area contributed by atoms with Gasteiger partial charge in [0.1, 0.15) is 12.2 Å². The van der Waals surface area contributed by atoms with Crippen LogP contribution < -0.4 is 0 Å². The van der Waals surface area contributed by atoms with Gasteiger partial charge in [-0.05, 0) is 51.4 Å². The normalized spacial score (nSPS) is 14.2. The van der Waals surface area contributed by atoms with Crippen LogP contribution in [0.5, 0.6) is 0 Å². The van der Waals surface area contributed by atoms with E-state index in [1.165, 1.54) is 83.5 Å². The van der Waals surface area contributed by atoms with E-state index in [0.717, 1.165) is 83.5 Å². The molecule has 11 heteroatoms. The Balaban J connectivity index is 3.90. The lowest BCUT2D eigenvalue weighted by Crippen LogP contribution is -2.28. The van der Waals surface area contributed by atoms with Crippen molar-refractivity contribution in [2.24, 2.45) is 0 Å². The number of carbonyl (C=O) groups is 2. The van der Waals surface area contributed by atoms with E-state index in [1.807, 2.05) is 0 Å². The van der Waals surface area contributed by atoms with Gasteiger partial charge in [-0.15, -0.1) is 0 Å². The molecule has 0 heterocycles. The number of carbonyl (C=O) groups excluding carboxylic acids is 2. The summed E-state index contributed by atoms with van der Waals surface area (Å²) in [4.78, 5) is 34.6. The number of phosphoric ester groups is 1. The first kappa shape index (κ1) is 56.9. The molecule has 0 aliphatic rings. The summed E-state index contributed by atoms with van der Waals surface area (Å²) < 4.78 is 32.6. The fourth-order valence-electron chi connectivity index (χ4n) is 6.46. The Morgan fingerprint density at radius 1 is 0.475 bits per heavy atom. The SMILES string of the molecule is CC/C=C\C/C=C\C/C=C\C/C=C\CCCCCCCCC(=O)OC(CO)COP(=O)(O)OCC(CO)OC(=O)CCCCCCCCCCCCCCCCCCC. The first-order chi connectivity index (χ1) is 28.8. The van der Waals surface area contributed by atoms with Gasteiger partial charge in [0.05, 0.1) is 26.4 Å². The van der Waals surface area contributed by atoms with E-state index in [4.69, 9.17) is 18.5 Å². The minimum atomic E-state index is -4.64. The molecule has 344 valence electrons. The second kappa shape index (κ2) is 44.0. The molecule has 0 radical (unpaired) electrons. The van der Waals surface area contributed by atoms with Gasteiger partial charge in [0.2, 0.25) is 0 Å². The van der Waals surface area contributed by atoms with Gasteiger partial charge in [-0.1, -0.05) is 191 Å². The molecule has 0 aromatic carbocycles. The lowest BCUT2D eigenvalue weighted by Gasteiger charge is -2.20. The number of allylic oxidation sites excluding steroid dienone is 8. The van der Waals surface area contributed by atoms with Crippen LogP contribution in [-0.2, 0) is 32.7 Å². The maximum absolute atomic E-state index is 12.4. The van der Waals surface area contributed by atoms with Gasteiger partial charge >= 0.3 is 19.8 Å². The molecule has 0 saturated carbocycles. The molecule has 0 spiro atoms. The maximum Gasteiger partial charge on any atom is 0.472 e. The zero-order valence-electron chi connectivity index (χ0n) is 37.5. The number of unbranched alkanes of at least 4 members (excludes halogenated alkanes) is 22. The Kier molecular flexibility index (Phi) is 42.5. The van der Waals surface area contributed by atoms with Crippen LogP contribution in [0.1, 0.15) is 206 Å². The summed E-state index contributed by atoms with van der Waals surface area (Å²) in [6.07, 6.45) is 47.9. The largest absolute Gasteiger partial charge is 0.472 e. The highest BCUT2D eigenvalue weighted by Crippen LogP contribution is 2.43. The van der Waals surface area contributed by atoms with Crippen LogP contribution in [0.25, 0.3) is 0 Å². The molecule has 0 rings (SSSR count). The fourth-order valence-corrected chi connectivity index (χ4v) is 7.24. The van der Waals surface area contributed by atoms with Crippen molar-refractivity contribution < 1.29 is 47.8 Å². The van der Waals surface area contributed by atoms with Crippen LogP contribution >= 0.6 is 7.82 Å². The smallest absolute Gasteiger partial charge is 0.457 e. The monoisotopic (exact) mass is 855 g/mol. The lowest BCUT2D eigenvalue weighted by molar-refractivity contribution is -0.153. The number of aliphatic hydroxyl groups is 2. The fraction of sp³-hybridized carbons (Fsp3) is 0.792. The summed E-state index contributed by atoms with van der Waals surface area (Å²) in [6, 6.07) is 0. The predicted octanol–water partition coefficient (Wildman–Crippen LogP) is 12.9. The van der Waals surface area contributed by atoms with Gasteiger partial charge in [0.25, 0.3) is 0 Å². The lowest BCUT2D eigenvalue weighted by atomic mass is 10.0. The van der Waals surface area contributed by atoms with E-state index in [2.05, 4.69) is 62.5 Å². The third-order valence-electron chi connectivity index (χ3n) is 10.1. The highest BCUT2D eigenvalue weighted by Gasteiger charge is 2.27. The molecule has 0 aliphatic carbocycles. The van der Waals surface area contributed by atoms with Crippen molar-refractivity contribution in [1.29, 1.82) is 0 Å². The van der Waals surface area contributed by atoms with Crippen molar-refractivity contribution in [1.82, 2.24) is 0 Å². The van der Waals surface area contributed by atoms with Crippen LogP contribution in [0, 0.1) is 0 Å². The summed E-state index contributed by atoms with van der Waals surface area (Å²) in [7, 11) is -4.64. The average Bonchev–Trinajstić information content (AvgIpc) is 3.22. The second-order valence-electron chi connectivity index (χ2n) is 15.7. The summed E-state index contributed by atoms with van der Waals surface area (Å²) in [5.41, 5.74) is 0. The van der Waals surface area contributed by atoms with Crippen molar-refractivity contribution in [3.63, 3.8) is 0 Å². The van der Waals surface area contributed by atoms with Crippen LogP contribution in [-0.4, -0.2) is 65.7 Å². The number of hydrogen-bond donors (Lipinski definition) is 3. The highest BCUT2D eigenvalue weighted by molar-refractivity contribution is 7.47. The van der Waals surface area contributed by atoms with E-state index in [0.29, 0.717) is 12.8 Å². The van der Waals surface area contributed by atoms with Gasteiger partial charge in [-0.3, -0.25) is 18.6 Å². The first-order valence-electron chi connectivity index (χ1n) is 23.6. The van der Waals surface area contributed by atoms with Gasteiger partial charge in [-0.2, -0.15) is 0 Å². The van der Waals surface area contributed by atoms with Crippen LogP contribution in [0.4, 0.5) is 0 Å². The average molecular weight is 855 g/mol. The molecule has 0 fully saturated rings. The molecule has 0 aromatic rings. The van der Waals surface area contributed by atoms with E-state index in [9.17, 15) is 29.3 Å². The van der Waals surface area contributed by atoms with Gasteiger partial charge in [0, 0.05) is 12.8 Å². The topological polar surface area (TPSA) is 149 Å². The molecule has 0 saturated heterocycles. The minimum Gasteiger partial charge on any atom is -0.457 e. The van der Waals surface area contributed by atoms with E-state index < -0.39 is 58.4 Å². The Hall–Kier alpha value is -2.07. The molecule has 59 heavy (non-hydrogen) atoms. The standard InChI is InChI=1S/C48H87O10P/c1-3-5-7-9-11-13-15-17-19-21-22-24-26-28-30-32-34-36-38-40-48(52)58-46(42-50)44-56-59(53,54)55-43-45(41-49)57-47(51)39-37-35-33-31-29-27-25-23-20-18-16-14-12-10-8-6-4-2/h5,7,11,13,17,19,22,24,45-46,49-50H,3-4,6,8-10,12,14-16,18,20-21,23,25-44H2,1-2H3,(H,53,54)/b7-5-,13-11-,19-17-,24-22-. The zero-order valence-corrected chi connectivity index (χ0v) is 38.4. The molecule has 0 amide bonds. The Bertz CT molecular complexity index is 1120. The third-order valence-corrected chi connectivity index (χ3v) is 11.0. The van der Waals surface area contributed by atoms with Crippen molar-refractivity contribution in [2.75, 3.05) is 26.4 Å². The number of esters is 2. The summed E-state index contributed by atoms with van der Waals surface area (Å²) in [5, 5.41) is 19.2. The quantitative estimate of drug-likeness (QED) is 0.0234. The number of phosphoric acid groups is 1. The van der Waals surface area contributed by atoms with E-state index >= 15 is 0 Å². The maximum atomic E-state index is 12.4. The molecule has 0 bridgehead atoms. The zero-order chi connectivity index (χ0) is 43.3. The second-order valence-corrected chi connectivity index (χ2v) is 17.2.